The smallest absolute Gasteiger partial charge is 0.348 e. The van der Waals surface area contributed by atoms with Crippen molar-refractivity contribution in [2.24, 2.45) is 0 Å². The zero-order valence-corrected chi connectivity index (χ0v) is 16.6. The Morgan fingerprint density at radius 2 is 2.00 bits per heavy atom. The molecule has 0 unspecified atom stereocenters. The number of sulfone groups is 1. The number of carbonyl (C=O) groups excluding carboxylic acids is 2. The van der Waals surface area contributed by atoms with Crippen LogP contribution in [0.3, 0.4) is 0 Å². The molecule has 1 aliphatic heterocycles. The Morgan fingerprint density at radius 3 is 2.58 bits per heavy atom. The van der Waals surface area contributed by atoms with E-state index < -0.39 is 15.8 Å². The molecule has 6 nitrogen and oxygen atoms in total. The highest BCUT2D eigenvalue weighted by atomic mass is 32.2. The van der Waals surface area contributed by atoms with E-state index in [0.29, 0.717) is 16.9 Å². The van der Waals surface area contributed by atoms with Gasteiger partial charge in [-0.1, -0.05) is 0 Å². The second-order valence-corrected chi connectivity index (χ2v) is 10.1. The number of ether oxygens (including phenoxy) is 1. The Balaban J connectivity index is 1.72. The lowest BCUT2D eigenvalue weighted by Crippen LogP contribution is -2.16. The van der Waals surface area contributed by atoms with Gasteiger partial charge in [0.15, 0.2) is 16.4 Å². The van der Waals surface area contributed by atoms with Gasteiger partial charge in [-0.15, -0.1) is 11.3 Å². The molecule has 8 heteroatoms. The number of ketones is 1. The molecule has 2 aromatic rings. The third-order valence-electron chi connectivity index (χ3n) is 4.63. The highest BCUT2D eigenvalue weighted by Crippen LogP contribution is 2.29. The molecule has 26 heavy (non-hydrogen) atoms. The summed E-state index contributed by atoms with van der Waals surface area (Å²) < 4.78 is 30.6. The number of Topliss-reactive ketones (excluding diaryl/α,β-unsaturated/α-hetero) is 1. The van der Waals surface area contributed by atoms with Crippen molar-refractivity contribution in [3.8, 4) is 0 Å². The van der Waals surface area contributed by atoms with Gasteiger partial charge in [0, 0.05) is 27.9 Å². The second kappa shape index (κ2) is 7.00. The van der Waals surface area contributed by atoms with E-state index in [0.717, 1.165) is 16.3 Å². The first-order chi connectivity index (χ1) is 12.2. The molecule has 3 heterocycles. The molecule has 0 amide bonds. The van der Waals surface area contributed by atoms with Crippen molar-refractivity contribution in [2.45, 2.75) is 33.2 Å². The fraction of sp³-hybridized carbons (Fsp3) is 0.444. The van der Waals surface area contributed by atoms with Crippen LogP contribution in [0.1, 0.15) is 48.8 Å². The number of hydrogen-bond acceptors (Lipinski definition) is 6. The summed E-state index contributed by atoms with van der Waals surface area (Å²) in [4.78, 5) is 26.0. The van der Waals surface area contributed by atoms with Crippen molar-refractivity contribution in [3.05, 3.63) is 44.9 Å². The number of esters is 1. The summed E-state index contributed by atoms with van der Waals surface area (Å²) in [5, 5.41) is 0. The Morgan fingerprint density at radius 1 is 1.27 bits per heavy atom. The van der Waals surface area contributed by atoms with Gasteiger partial charge in [0.05, 0.1) is 11.5 Å². The van der Waals surface area contributed by atoms with Crippen molar-refractivity contribution in [2.75, 3.05) is 18.1 Å². The molecular formula is C18H21NO5S2. The quantitative estimate of drug-likeness (QED) is 0.574. The predicted octanol–water partition coefficient (Wildman–Crippen LogP) is 2.87. The van der Waals surface area contributed by atoms with Gasteiger partial charge >= 0.3 is 5.97 Å². The van der Waals surface area contributed by atoms with Gasteiger partial charge in [0.2, 0.25) is 5.78 Å². The maximum Gasteiger partial charge on any atom is 0.348 e. The van der Waals surface area contributed by atoms with Crippen molar-refractivity contribution in [3.63, 3.8) is 0 Å². The number of carbonyl (C=O) groups is 2. The van der Waals surface area contributed by atoms with Gasteiger partial charge in [-0.2, -0.15) is 0 Å². The molecule has 140 valence electrons. The minimum atomic E-state index is -3.01. The number of hydrogen-bond donors (Lipinski definition) is 0. The Bertz CT molecular complexity index is 968. The molecule has 1 saturated heterocycles. The van der Waals surface area contributed by atoms with Crippen molar-refractivity contribution in [1.29, 1.82) is 0 Å². The average molecular weight is 396 g/mol. The molecule has 1 aliphatic rings. The van der Waals surface area contributed by atoms with Crippen LogP contribution in [0.2, 0.25) is 0 Å². The van der Waals surface area contributed by atoms with E-state index in [9.17, 15) is 18.0 Å². The van der Waals surface area contributed by atoms with Crippen LogP contribution in [-0.2, 0) is 14.6 Å². The van der Waals surface area contributed by atoms with Crippen LogP contribution in [0, 0.1) is 20.8 Å². The standard InChI is InChI=1S/C18H21NO5S2/c1-11-8-15(13(3)19(11)14-6-7-26(22,23)10-14)16(20)9-24-18(21)17-5-4-12(2)25-17/h4-5,8,14H,6-7,9-10H2,1-3H3/t14-/m1/s1. The number of aryl methyl sites for hydroxylation is 2. The highest BCUT2D eigenvalue weighted by Gasteiger charge is 2.31. The van der Waals surface area contributed by atoms with Gasteiger partial charge in [-0.05, 0) is 45.4 Å². The summed E-state index contributed by atoms with van der Waals surface area (Å²) >= 11 is 1.32. The van der Waals surface area contributed by atoms with E-state index in [1.54, 1.807) is 19.1 Å². The molecule has 0 spiro atoms. The summed E-state index contributed by atoms with van der Waals surface area (Å²) in [5.74, 6) is -0.515. The molecule has 2 aromatic heterocycles. The van der Waals surface area contributed by atoms with E-state index in [2.05, 4.69) is 0 Å². The van der Waals surface area contributed by atoms with Gasteiger partial charge in [-0.3, -0.25) is 4.79 Å². The van der Waals surface area contributed by atoms with E-state index in [1.807, 2.05) is 24.5 Å². The van der Waals surface area contributed by atoms with Gasteiger partial charge < -0.3 is 9.30 Å². The summed E-state index contributed by atoms with van der Waals surface area (Å²) in [6, 6.07) is 5.11. The summed E-state index contributed by atoms with van der Waals surface area (Å²) in [7, 11) is -3.01. The van der Waals surface area contributed by atoms with Crippen LogP contribution in [0.15, 0.2) is 18.2 Å². The van der Waals surface area contributed by atoms with Gasteiger partial charge in [0.25, 0.3) is 0 Å². The molecule has 0 bridgehead atoms. The first-order valence-electron chi connectivity index (χ1n) is 8.33. The maximum atomic E-state index is 12.5. The van der Waals surface area contributed by atoms with E-state index in [1.165, 1.54) is 11.3 Å². The average Bonchev–Trinajstić information content (AvgIpc) is 3.22. The highest BCUT2D eigenvalue weighted by molar-refractivity contribution is 7.91. The fourth-order valence-corrected chi connectivity index (χ4v) is 5.89. The lowest BCUT2D eigenvalue weighted by atomic mass is 10.1. The van der Waals surface area contributed by atoms with Gasteiger partial charge in [-0.25, -0.2) is 13.2 Å². The minimum Gasteiger partial charge on any atom is -0.453 e. The van der Waals surface area contributed by atoms with Crippen LogP contribution >= 0.6 is 11.3 Å². The Kier molecular flexibility index (Phi) is 5.07. The lowest BCUT2D eigenvalue weighted by molar-refractivity contribution is 0.0479. The molecule has 0 aromatic carbocycles. The minimum absolute atomic E-state index is 0.101. The fourth-order valence-electron chi connectivity index (χ4n) is 3.42. The Hall–Kier alpha value is -1.93. The summed E-state index contributed by atoms with van der Waals surface area (Å²) in [5.41, 5.74) is 2.03. The number of nitrogens with zero attached hydrogens (tertiary/aromatic N) is 1. The third-order valence-corrected chi connectivity index (χ3v) is 7.37. The van der Waals surface area contributed by atoms with Crippen molar-refractivity contribution >= 4 is 32.9 Å². The number of aromatic nitrogens is 1. The summed E-state index contributed by atoms with van der Waals surface area (Å²) in [6.45, 7) is 5.22. The molecular weight excluding hydrogens is 374 g/mol. The largest absolute Gasteiger partial charge is 0.453 e. The van der Waals surface area contributed by atoms with E-state index >= 15 is 0 Å². The molecule has 3 rings (SSSR count). The van der Waals surface area contributed by atoms with Crippen LogP contribution in [0.25, 0.3) is 0 Å². The summed E-state index contributed by atoms with van der Waals surface area (Å²) in [6.07, 6.45) is 0.555. The topological polar surface area (TPSA) is 82.4 Å². The first-order valence-corrected chi connectivity index (χ1v) is 11.0. The Labute approximate surface area is 156 Å². The molecule has 0 N–H and O–H groups in total. The molecule has 0 radical (unpaired) electrons. The van der Waals surface area contributed by atoms with E-state index in [-0.39, 0.29) is 29.9 Å². The van der Waals surface area contributed by atoms with Crippen LogP contribution < -0.4 is 0 Å². The third kappa shape index (κ3) is 3.76. The lowest BCUT2D eigenvalue weighted by Gasteiger charge is -2.16. The zero-order valence-electron chi connectivity index (χ0n) is 14.9. The number of thiophene rings is 1. The SMILES string of the molecule is Cc1ccc(C(=O)OCC(=O)c2cc(C)n([C@@H]3CCS(=O)(=O)C3)c2C)s1. The monoisotopic (exact) mass is 395 g/mol. The molecule has 1 atom stereocenters. The molecule has 0 aliphatic carbocycles. The second-order valence-electron chi connectivity index (χ2n) is 6.62. The number of rotatable bonds is 5. The predicted molar refractivity (Wildman–Crippen MR) is 99.9 cm³/mol. The first kappa shape index (κ1) is 18.8. The van der Waals surface area contributed by atoms with E-state index in [4.69, 9.17) is 4.74 Å². The normalized spacial score (nSPS) is 18.8. The molecule has 0 saturated carbocycles. The van der Waals surface area contributed by atoms with Crippen LogP contribution in [0.4, 0.5) is 0 Å². The van der Waals surface area contributed by atoms with Crippen molar-refractivity contribution in [1.82, 2.24) is 4.57 Å². The van der Waals surface area contributed by atoms with Gasteiger partial charge in [0.1, 0.15) is 4.88 Å². The molecule has 1 fully saturated rings. The maximum absolute atomic E-state index is 12.5. The van der Waals surface area contributed by atoms with Crippen LogP contribution in [-0.4, -0.2) is 42.9 Å². The van der Waals surface area contributed by atoms with Crippen molar-refractivity contribution < 1.29 is 22.7 Å². The van der Waals surface area contributed by atoms with Crippen LogP contribution in [0.5, 0.6) is 0 Å². The zero-order chi connectivity index (χ0) is 19.1.